The minimum atomic E-state index is -3.94. The highest BCUT2D eigenvalue weighted by atomic mass is 32.2. The Morgan fingerprint density at radius 1 is 0.971 bits per heavy atom. The number of anilines is 1. The number of benzene rings is 3. The maximum absolute atomic E-state index is 13.5. The minimum Gasteiger partial charge on any atom is -0.494 e. The number of sulfone groups is 1. The summed E-state index contributed by atoms with van der Waals surface area (Å²) in [6.45, 7) is 4.83. The molecule has 9 heteroatoms. The first-order chi connectivity index (χ1) is 16.9. The highest BCUT2D eigenvalue weighted by Gasteiger charge is 2.28. The molecule has 1 aromatic heterocycles. The summed E-state index contributed by atoms with van der Waals surface area (Å²) < 4.78 is 49.2. The predicted molar refractivity (Wildman–Crippen MR) is 130 cm³/mol. The number of aromatic nitrogens is 1. The van der Waals surface area contributed by atoms with Gasteiger partial charge in [-0.25, -0.2) is 8.42 Å². The summed E-state index contributed by atoms with van der Waals surface area (Å²) in [5.41, 5.74) is 2.46. The van der Waals surface area contributed by atoms with E-state index in [-0.39, 0.29) is 28.5 Å². The van der Waals surface area contributed by atoms with E-state index in [1.165, 1.54) is 0 Å². The molecule has 1 N–H and O–H groups in total. The number of nitrogens with zero attached hydrogens (tertiary/aromatic N) is 1. The second kappa shape index (κ2) is 9.34. The molecule has 35 heavy (non-hydrogen) atoms. The van der Waals surface area contributed by atoms with Gasteiger partial charge in [-0.05, 0) is 67.9 Å². The fraction of sp³-hybridized carbons (Fsp3) is 0.192. The Hall–Kier alpha value is -3.98. The van der Waals surface area contributed by atoms with Crippen molar-refractivity contribution in [1.29, 1.82) is 0 Å². The van der Waals surface area contributed by atoms with Crippen molar-refractivity contribution in [3.05, 3.63) is 77.9 Å². The Morgan fingerprint density at radius 2 is 1.71 bits per heavy atom. The molecule has 0 saturated carbocycles. The quantitative estimate of drug-likeness (QED) is 0.357. The molecule has 5 rings (SSSR count). The summed E-state index contributed by atoms with van der Waals surface area (Å²) in [7, 11) is -3.94. The first-order valence-corrected chi connectivity index (χ1v) is 12.6. The van der Waals surface area contributed by atoms with Crippen molar-refractivity contribution in [3.8, 4) is 28.7 Å². The Labute approximate surface area is 203 Å². The SMILES string of the molecule is CCOc1ccc(-c2nc(S(=O)(=O)c3ccc(C)cc3)c(NCc3ccc4c(c3)OCO4)o2)cc1. The lowest BCUT2D eigenvalue weighted by atomic mass is 10.2. The van der Waals surface area contributed by atoms with Crippen LogP contribution in [0.5, 0.6) is 17.2 Å². The molecule has 2 heterocycles. The number of hydrogen-bond donors (Lipinski definition) is 1. The fourth-order valence-electron chi connectivity index (χ4n) is 3.65. The van der Waals surface area contributed by atoms with Gasteiger partial charge in [0.25, 0.3) is 0 Å². The maximum Gasteiger partial charge on any atom is 0.234 e. The van der Waals surface area contributed by atoms with Crippen molar-refractivity contribution < 1.29 is 27.0 Å². The second-order valence-corrected chi connectivity index (χ2v) is 9.83. The summed E-state index contributed by atoms with van der Waals surface area (Å²) in [5.74, 6) is 2.27. The van der Waals surface area contributed by atoms with E-state index in [4.69, 9.17) is 18.6 Å². The van der Waals surface area contributed by atoms with Crippen molar-refractivity contribution in [2.45, 2.75) is 30.3 Å². The van der Waals surface area contributed by atoms with Crippen LogP contribution in [-0.2, 0) is 16.4 Å². The molecule has 4 aromatic rings. The van der Waals surface area contributed by atoms with E-state index in [2.05, 4.69) is 10.3 Å². The standard InChI is InChI=1S/C26H24N2O6S/c1-3-31-20-9-7-19(8-10-20)24-28-26(35(29,30)21-11-4-17(2)5-12-21)25(34-24)27-15-18-6-13-22-23(14-18)33-16-32-22/h4-14,27H,3,15-16H2,1-2H3. The molecule has 3 aromatic carbocycles. The minimum absolute atomic E-state index is 0.0622. The van der Waals surface area contributed by atoms with Gasteiger partial charge in [0.15, 0.2) is 11.5 Å². The zero-order chi connectivity index (χ0) is 24.4. The number of aryl methyl sites for hydroxylation is 1. The van der Waals surface area contributed by atoms with Crippen LogP contribution in [0.15, 0.2) is 81.1 Å². The fourth-order valence-corrected chi connectivity index (χ4v) is 4.92. The predicted octanol–water partition coefficient (Wildman–Crippen LogP) is 5.22. The molecule has 0 fully saturated rings. The van der Waals surface area contributed by atoms with Crippen molar-refractivity contribution >= 4 is 15.7 Å². The third-order valence-electron chi connectivity index (χ3n) is 5.48. The van der Waals surface area contributed by atoms with E-state index >= 15 is 0 Å². The van der Waals surface area contributed by atoms with Crippen LogP contribution in [0.2, 0.25) is 0 Å². The van der Waals surface area contributed by atoms with E-state index in [1.54, 1.807) is 48.5 Å². The van der Waals surface area contributed by atoms with Crippen LogP contribution < -0.4 is 19.5 Å². The highest BCUT2D eigenvalue weighted by Crippen LogP contribution is 2.35. The van der Waals surface area contributed by atoms with Crippen molar-refractivity contribution in [2.75, 3.05) is 18.7 Å². The van der Waals surface area contributed by atoms with Crippen molar-refractivity contribution in [1.82, 2.24) is 4.98 Å². The van der Waals surface area contributed by atoms with Gasteiger partial charge in [-0.3, -0.25) is 0 Å². The van der Waals surface area contributed by atoms with E-state index in [9.17, 15) is 8.42 Å². The van der Waals surface area contributed by atoms with Gasteiger partial charge in [0.1, 0.15) is 5.75 Å². The number of fused-ring (bicyclic) bond motifs is 1. The van der Waals surface area contributed by atoms with Gasteiger partial charge in [-0.1, -0.05) is 23.8 Å². The molecule has 1 aliphatic heterocycles. The van der Waals surface area contributed by atoms with Gasteiger partial charge in [0.2, 0.25) is 33.4 Å². The molecule has 8 nitrogen and oxygen atoms in total. The summed E-state index contributed by atoms with van der Waals surface area (Å²) >= 11 is 0. The van der Waals surface area contributed by atoms with Crippen LogP contribution in [-0.4, -0.2) is 26.8 Å². The zero-order valence-electron chi connectivity index (χ0n) is 19.3. The lowest BCUT2D eigenvalue weighted by Crippen LogP contribution is -2.07. The number of nitrogens with one attached hydrogen (secondary N) is 1. The topological polar surface area (TPSA) is 99.9 Å². The van der Waals surface area contributed by atoms with Gasteiger partial charge < -0.3 is 23.9 Å². The van der Waals surface area contributed by atoms with Crippen LogP contribution in [0, 0.1) is 6.92 Å². The summed E-state index contributed by atoms with van der Waals surface area (Å²) in [5, 5.41) is 2.93. The lowest BCUT2D eigenvalue weighted by molar-refractivity contribution is 0.174. The summed E-state index contributed by atoms with van der Waals surface area (Å²) in [6.07, 6.45) is 0. The average molecular weight is 493 g/mol. The first-order valence-electron chi connectivity index (χ1n) is 11.1. The molecule has 0 amide bonds. The molecule has 1 aliphatic rings. The van der Waals surface area contributed by atoms with Gasteiger partial charge in [-0.2, -0.15) is 4.98 Å². The van der Waals surface area contributed by atoms with Crippen LogP contribution in [0.25, 0.3) is 11.5 Å². The van der Waals surface area contributed by atoms with Crippen LogP contribution in [0.4, 0.5) is 5.88 Å². The normalized spacial score (nSPS) is 12.5. The van der Waals surface area contributed by atoms with Crippen molar-refractivity contribution in [2.24, 2.45) is 0 Å². The van der Waals surface area contributed by atoms with Gasteiger partial charge >= 0.3 is 0 Å². The molecule has 0 atom stereocenters. The lowest BCUT2D eigenvalue weighted by Gasteiger charge is -2.07. The van der Waals surface area contributed by atoms with E-state index in [0.29, 0.717) is 36.0 Å². The molecular formula is C26H24N2O6S. The number of oxazole rings is 1. The maximum atomic E-state index is 13.5. The highest BCUT2D eigenvalue weighted by molar-refractivity contribution is 7.91. The van der Waals surface area contributed by atoms with Crippen LogP contribution >= 0.6 is 0 Å². The van der Waals surface area contributed by atoms with Gasteiger partial charge in [0, 0.05) is 12.1 Å². The van der Waals surface area contributed by atoms with E-state index in [1.807, 2.05) is 32.0 Å². The number of rotatable bonds is 8. The molecule has 0 unspecified atom stereocenters. The summed E-state index contributed by atoms with van der Waals surface area (Å²) in [6, 6.07) is 19.3. The summed E-state index contributed by atoms with van der Waals surface area (Å²) in [4.78, 5) is 4.53. The molecule has 0 aliphatic carbocycles. The number of ether oxygens (including phenoxy) is 3. The Morgan fingerprint density at radius 3 is 2.46 bits per heavy atom. The Bertz CT molecular complexity index is 1440. The second-order valence-electron chi connectivity index (χ2n) is 7.97. The van der Waals surface area contributed by atoms with Crippen molar-refractivity contribution in [3.63, 3.8) is 0 Å². The molecule has 180 valence electrons. The first kappa shape index (κ1) is 22.8. The van der Waals surface area contributed by atoms with Crippen LogP contribution in [0.3, 0.4) is 0 Å². The molecule has 0 spiro atoms. The van der Waals surface area contributed by atoms with Gasteiger partial charge in [-0.15, -0.1) is 0 Å². The van der Waals surface area contributed by atoms with Gasteiger partial charge in [0.05, 0.1) is 11.5 Å². The Balaban J connectivity index is 1.50. The van der Waals surface area contributed by atoms with E-state index in [0.717, 1.165) is 11.1 Å². The zero-order valence-corrected chi connectivity index (χ0v) is 20.1. The molecule has 0 radical (unpaired) electrons. The van der Waals surface area contributed by atoms with E-state index < -0.39 is 9.84 Å². The third kappa shape index (κ3) is 4.67. The Kier molecular flexibility index (Phi) is 6.08. The molecule has 0 saturated heterocycles. The molecular weight excluding hydrogens is 468 g/mol. The smallest absolute Gasteiger partial charge is 0.234 e. The van der Waals surface area contributed by atoms with Crippen LogP contribution in [0.1, 0.15) is 18.1 Å². The average Bonchev–Trinajstić information content (AvgIpc) is 3.51. The number of hydrogen-bond acceptors (Lipinski definition) is 8. The molecule has 0 bridgehead atoms. The largest absolute Gasteiger partial charge is 0.494 e. The monoisotopic (exact) mass is 492 g/mol. The third-order valence-corrected chi connectivity index (χ3v) is 7.16.